The fourth-order valence-electron chi connectivity index (χ4n) is 3.83. The summed E-state index contributed by atoms with van der Waals surface area (Å²) in [5.74, 6) is -3.94. The van der Waals surface area contributed by atoms with Gasteiger partial charge in [-0.1, -0.05) is 0 Å². The van der Waals surface area contributed by atoms with Crippen molar-refractivity contribution < 1.29 is 23.1 Å². The van der Waals surface area contributed by atoms with E-state index >= 15 is 0 Å². The Morgan fingerprint density at radius 1 is 1.38 bits per heavy atom. The molecule has 2 aliphatic heterocycles. The van der Waals surface area contributed by atoms with Crippen LogP contribution in [-0.2, 0) is 25.4 Å². The average molecular weight is 405 g/mol. The molecule has 0 radical (unpaired) electrons. The van der Waals surface area contributed by atoms with Crippen molar-refractivity contribution in [1.82, 2.24) is 14.7 Å². The molecular weight excluding hydrogens is 387 g/mol. The molecule has 29 heavy (non-hydrogen) atoms. The molecule has 0 saturated carbocycles. The maximum absolute atomic E-state index is 14.7. The third kappa shape index (κ3) is 3.53. The van der Waals surface area contributed by atoms with Crippen LogP contribution in [-0.4, -0.2) is 38.5 Å². The molecule has 3 heterocycles. The number of rotatable bonds is 1. The molecule has 10 heteroatoms. The summed E-state index contributed by atoms with van der Waals surface area (Å²) in [4.78, 5) is 14.0. The zero-order chi connectivity index (χ0) is 20.8. The van der Waals surface area contributed by atoms with E-state index in [1.54, 1.807) is 6.07 Å². The molecule has 1 atom stereocenters. The van der Waals surface area contributed by atoms with Crippen LogP contribution >= 0.6 is 0 Å². The third-order valence-electron chi connectivity index (χ3n) is 5.24. The number of hydrogen-bond donors (Lipinski definition) is 2. The van der Waals surface area contributed by atoms with Crippen molar-refractivity contribution in [3.63, 3.8) is 0 Å². The zero-order valence-electron chi connectivity index (χ0n) is 15.3. The number of nitrogens with zero attached hydrogens (tertiary/aromatic N) is 4. The zero-order valence-corrected chi connectivity index (χ0v) is 15.3. The number of benzene rings is 1. The molecule has 2 aliphatic rings. The Balaban J connectivity index is 1.57. The first-order valence-corrected chi connectivity index (χ1v) is 9.19. The topological polar surface area (TPSA) is 94.2 Å². The molecule has 0 spiro atoms. The van der Waals surface area contributed by atoms with Crippen molar-refractivity contribution in [3.05, 3.63) is 46.5 Å². The predicted molar refractivity (Wildman–Crippen MR) is 95.6 cm³/mol. The van der Waals surface area contributed by atoms with E-state index in [0.29, 0.717) is 17.7 Å². The van der Waals surface area contributed by atoms with Gasteiger partial charge in [0.1, 0.15) is 17.6 Å². The quantitative estimate of drug-likeness (QED) is 0.763. The van der Waals surface area contributed by atoms with Gasteiger partial charge in [0.05, 0.1) is 23.9 Å². The molecular formula is C19H18F3N5O2. The Bertz CT molecular complexity index is 1010. The number of anilines is 1. The molecule has 0 fully saturated rings. The van der Waals surface area contributed by atoms with Crippen LogP contribution in [0.5, 0.6) is 0 Å². The van der Waals surface area contributed by atoms with E-state index in [0.717, 1.165) is 6.07 Å². The normalized spacial score (nSPS) is 20.2. The minimum atomic E-state index is -3.24. The molecule has 7 nitrogen and oxygen atoms in total. The van der Waals surface area contributed by atoms with Crippen LogP contribution in [0.4, 0.5) is 23.7 Å². The van der Waals surface area contributed by atoms with Crippen molar-refractivity contribution in [2.75, 3.05) is 11.9 Å². The molecule has 0 saturated heterocycles. The van der Waals surface area contributed by atoms with Crippen molar-refractivity contribution in [3.8, 4) is 6.07 Å². The Hall–Kier alpha value is -3.06. The summed E-state index contributed by atoms with van der Waals surface area (Å²) in [7, 11) is 0. The van der Waals surface area contributed by atoms with Gasteiger partial charge in [0.25, 0.3) is 5.92 Å². The highest BCUT2D eigenvalue weighted by atomic mass is 19.3. The summed E-state index contributed by atoms with van der Waals surface area (Å²) in [6.45, 7) is 0.433. The molecule has 0 aliphatic carbocycles. The van der Waals surface area contributed by atoms with Gasteiger partial charge in [-0.15, -0.1) is 0 Å². The maximum Gasteiger partial charge on any atom is 0.322 e. The number of hydrogen-bond acceptors (Lipinski definition) is 4. The summed E-state index contributed by atoms with van der Waals surface area (Å²) in [6.07, 6.45) is -1.27. The highest BCUT2D eigenvalue weighted by Crippen LogP contribution is 2.40. The molecule has 1 aromatic carbocycles. The summed E-state index contributed by atoms with van der Waals surface area (Å²) >= 11 is 0. The van der Waals surface area contributed by atoms with Gasteiger partial charge >= 0.3 is 6.03 Å². The molecule has 152 valence electrons. The van der Waals surface area contributed by atoms with E-state index in [9.17, 15) is 23.1 Å². The second-order valence-corrected chi connectivity index (χ2v) is 7.26. The first-order chi connectivity index (χ1) is 13.8. The van der Waals surface area contributed by atoms with Gasteiger partial charge in [-0.25, -0.2) is 9.18 Å². The second kappa shape index (κ2) is 7.08. The highest BCUT2D eigenvalue weighted by Gasteiger charge is 2.44. The second-order valence-electron chi connectivity index (χ2n) is 7.26. The third-order valence-corrected chi connectivity index (χ3v) is 5.24. The maximum atomic E-state index is 14.7. The van der Waals surface area contributed by atoms with E-state index in [2.05, 4.69) is 10.4 Å². The Morgan fingerprint density at radius 2 is 2.17 bits per heavy atom. The number of aliphatic hydroxyl groups excluding tert-OH is 1. The van der Waals surface area contributed by atoms with Crippen LogP contribution in [0.25, 0.3) is 0 Å². The van der Waals surface area contributed by atoms with Crippen molar-refractivity contribution >= 4 is 11.7 Å². The van der Waals surface area contributed by atoms with Crippen LogP contribution in [0.3, 0.4) is 0 Å². The summed E-state index contributed by atoms with van der Waals surface area (Å²) in [5.41, 5.74) is 0.635. The summed E-state index contributed by atoms with van der Waals surface area (Å²) in [5, 5.41) is 25.5. The van der Waals surface area contributed by atoms with Crippen LogP contribution in [0.15, 0.2) is 18.2 Å². The van der Waals surface area contributed by atoms with Gasteiger partial charge in [0, 0.05) is 37.2 Å². The summed E-state index contributed by atoms with van der Waals surface area (Å²) < 4.78 is 44.1. The van der Waals surface area contributed by atoms with E-state index < -0.39 is 30.3 Å². The van der Waals surface area contributed by atoms with Crippen LogP contribution in [0.2, 0.25) is 0 Å². The monoisotopic (exact) mass is 405 g/mol. The first-order valence-electron chi connectivity index (χ1n) is 9.19. The Labute approximate surface area is 164 Å². The first kappa shape index (κ1) is 19.3. The number of urea groups is 1. The van der Waals surface area contributed by atoms with Gasteiger partial charge in [0.15, 0.2) is 0 Å². The number of fused-ring (bicyclic) bond motifs is 3. The van der Waals surface area contributed by atoms with Gasteiger partial charge in [-0.05, 0) is 24.6 Å². The van der Waals surface area contributed by atoms with Crippen molar-refractivity contribution in [1.29, 1.82) is 5.26 Å². The van der Waals surface area contributed by atoms with E-state index in [1.807, 2.05) is 0 Å². The van der Waals surface area contributed by atoms with Crippen molar-refractivity contribution in [2.24, 2.45) is 0 Å². The van der Waals surface area contributed by atoms with Crippen molar-refractivity contribution in [2.45, 2.75) is 44.4 Å². The van der Waals surface area contributed by atoms with E-state index in [-0.39, 0.29) is 43.0 Å². The van der Waals surface area contributed by atoms with Crippen LogP contribution in [0, 0.1) is 17.1 Å². The lowest BCUT2D eigenvalue weighted by Crippen LogP contribution is -2.39. The number of carbonyl (C=O) groups excluding carboxylic acids is 1. The lowest BCUT2D eigenvalue weighted by molar-refractivity contribution is -0.0507. The molecule has 2 aromatic rings. The number of aromatic nitrogens is 2. The Morgan fingerprint density at radius 3 is 2.93 bits per heavy atom. The van der Waals surface area contributed by atoms with E-state index in [4.69, 9.17) is 5.26 Å². The number of halogens is 3. The fraction of sp³-hybridized carbons (Fsp3) is 0.421. The Kier molecular flexibility index (Phi) is 4.70. The lowest BCUT2D eigenvalue weighted by Gasteiger charge is -2.28. The minimum absolute atomic E-state index is 0.0471. The number of nitriles is 1. The smallest absolute Gasteiger partial charge is 0.322 e. The van der Waals surface area contributed by atoms with Crippen LogP contribution in [0.1, 0.15) is 35.4 Å². The molecule has 0 bridgehead atoms. The number of alkyl halides is 2. The SMILES string of the molecule is N#Cc1cc(NC(=O)N2CCc3nn4c(c3C2)C(F)(F)C[C@@H](O)CC4)ccc1F. The molecule has 2 N–H and O–H groups in total. The minimum Gasteiger partial charge on any atom is -0.393 e. The molecule has 0 unspecified atom stereocenters. The van der Waals surface area contributed by atoms with Gasteiger partial charge in [-0.3, -0.25) is 4.68 Å². The van der Waals surface area contributed by atoms with Gasteiger partial charge < -0.3 is 15.3 Å². The number of aliphatic hydroxyl groups is 1. The largest absolute Gasteiger partial charge is 0.393 e. The molecule has 1 aromatic heterocycles. The number of nitrogens with one attached hydrogen (secondary N) is 1. The predicted octanol–water partition coefficient (Wildman–Crippen LogP) is 2.73. The summed E-state index contributed by atoms with van der Waals surface area (Å²) in [6, 6.07) is 4.77. The molecule has 4 rings (SSSR count). The van der Waals surface area contributed by atoms with Gasteiger partial charge in [-0.2, -0.15) is 19.1 Å². The van der Waals surface area contributed by atoms with Gasteiger partial charge in [0.2, 0.25) is 0 Å². The number of aryl methyl sites for hydroxylation is 1. The standard InChI is InChI=1S/C19H18F3N5O2/c20-15-2-1-12(7-11(15)9-23)24-18(29)26-5-4-16-14(10-26)17-19(21,22)8-13(28)3-6-27(17)25-16/h1-2,7,13,28H,3-6,8,10H2,(H,24,29)/t13-/m0/s1. The average Bonchev–Trinajstić information content (AvgIpc) is 3.00. The fourth-order valence-corrected chi connectivity index (χ4v) is 3.83. The van der Waals surface area contributed by atoms with Crippen LogP contribution < -0.4 is 5.32 Å². The molecule has 2 amide bonds. The number of amides is 2. The number of carbonyl (C=O) groups is 1. The van der Waals surface area contributed by atoms with E-state index in [1.165, 1.54) is 21.7 Å². The highest BCUT2D eigenvalue weighted by molar-refractivity contribution is 5.89. The lowest BCUT2D eigenvalue weighted by atomic mass is 9.99.